The molecular weight excluding hydrogens is 255 g/mol. The highest BCUT2D eigenvalue weighted by Gasteiger charge is 2.09. The van der Waals surface area contributed by atoms with Gasteiger partial charge in [-0.1, -0.05) is 0 Å². The van der Waals surface area contributed by atoms with Gasteiger partial charge in [0.2, 0.25) is 0 Å². The van der Waals surface area contributed by atoms with E-state index in [1.54, 1.807) is 12.1 Å². The molecule has 0 amide bonds. The Kier molecular flexibility index (Phi) is 3.88. The van der Waals surface area contributed by atoms with Gasteiger partial charge in [-0.15, -0.1) is 0 Å². The molecule has 76 valence electrons. The fourth-order valence-electron chi connectivity index (χ4n) is 0.914. The molecule has 0 radical (unpaired) electrons. The number of alkyl halides is 1. The summed E-state index contributed by atoms with van der Waals surface area (Å²) < 4.78 is 17.2. The van der Waals surface area contributed by atoms with Gasteiger partial charge in [0, 0.05) is 4.47 Å². The number of hydrogen-bond acceptors (Lipinski definition) is 2. The summed E-state index contributed by atoms with van der Waals surface area (Å²) in [5, 5.41) is 8.76. The van der Waals surface area contributed by atoms with E-state index in [4.69, 9.17) is 9.84 Å². The Morgan fingerprint density at radius 2 is 2.29 bits per heavy atom. The Morgan fingerprint density at radius 1 is 1.57 bits per heavy atom. The normalized spacial score (nSPS) is 9.86. The number of carboxylic acids is 1. The zero-order valence-electron chi connectivity index (χ0n) is 7.17. The average molecular weight is 263 g/mol. The fourth-order valence-corrected chi connectivity index (χ4v) is 1.33. The van der Waals surface area contributed by atoms with Crippen LogP contribution >= 0.6 is 15.9 Å². The molecule has 5 heteroatoms. The maximum Gasteiger partial charge on any atom is 0.336 e. The quantitative estimate of drug-likeness (QED) is 0.907. The Bertz CT molecular complexity index is 341. The lowest BCUT2D eigenvalue weighted by molar-refractivity contribution is 0.0695. The number of halogens is 2. The second-order valence-corrected chi connectivity index (χ2v) is 3.34. The molecule has 1 aromatic carbocycles. The van der Waals surface area contributed by atoms with Crippen molar-refractivity contribution in [2.24, 2.45) is 0 Å². The number of carboxylic acid groups (broad SMARTS) is 1. The molecule has 0 aliphatic carbocycles. The van der Waals surface area contributed by atoms with Crippen LogP contribution < -0.4 is 4.74 Å². The Morgan fingerprint density at radius 3 is 2.86 bits per heavy atom. The summed E-state index contributed by atoms with van der Waals surface area (Å²) in [5.74, 6) is -0.703. The molecule has 14 heavy (non-hydrogen) atoms. The molecule has 0 aliphatic heterocycles. The molecule has 0 atom stereocenters. The van der Waals surface area contributed by atoms with Gasteiger partial charge in [-0.05, 0) is 34.1 Å². The molecule has 1 aromatic rings. The van der Waals surface area contributed by atoms with Crippen LogP contribution in [-0.4, -0.2) is 24.4 Å². The lowest BCUT2D eigenvalue weighted by Crippen LogP contribution is -2.02. The van der Waals surface area contributed by atoms with Crippen LogP contribution in [0.3, 0.4) is 0 Å². The molecule has 1 N–H and O–H groups in total. The van der Waals surface area contributed by atoms with E-state index in [0.717, 1.165) is 0 Å². The second kappa shape index (κ2) is 4.95. The van der Waals surface area contributed by atoms with Gasteiger partial charge in [0.15, 0.2) is 0 Å². The minimum Gasteiger partial charge on any atom is -0.491 e. The van der Waals surface area contributed by atoms with Gasteiger partial charge in [0.1, 0.15) is 19.0 Å². The van der Waals surface area contributed by atoms with Crippen molar-refractivity contribution in [1.82, 2.24) is 0 Å². The number of carbonyl (C=O) groups is 1. The predicted octanol–water partition coefficient (Wildman–Crippen LogP) is 2.50. The van der Waals surface area contributed by atoms with Gasteiger partial charge in [-0.3, -0.25) is 0 Å². The summed E-state index contributed by atoms with van der Waals surface area (Å²) in [5.41, 5.74) is 0.0985. The summed E-state index contributed by atoms with van der Waals surface area (Å²) in [4.78, 5) is 10.7. The van der Waals surface area contributed by atoms with Crippen molar-refractivity contribution >= 4 is 21.9 Å². The van der Waals surface area contributed by atoms with Crippen LogP contribution in [0.2, 0.25) is 0 Å². The summed E-state index contributed by atoms with van der Waals surface area (Å²) in [7, 11) is 0. The van der Waals surface area contributed by atoms with E-state index < -0.39 is 12.6 Å². The van der Waals surface area contributed by atoms with E-state index in [-0.39, 0.29) is 12.2 Å². The highest BCUT2D eigenvalue weighted by atomic mass is 79.9. The zero-order valence-corrected chi connectivity index (χ0v) is 8.75. The van der Waals surface area contributed by atoms with E-state index in [1.807, 2.05) is 0 Å². The monoisotopic (exact) mass is 262 g/mol. The first-order valence-corrected chi connectivity index (χ1v) is 4.66. The van der Waals surface area contributed by atoms with Crippen LogP contribution in [0.1, 0.15) is 10.4 Å². The first-order valence-electron chi connectivity index (χ1n) is 3.86. The smallest absolute Gasteiger partial charge is 0.336 e. The standard InChI is InChI=1S/C9H8BrFO3/c10-8-2-1-6(14-4-3-11)5-7(8)9(12)13/h1-2,5H,3-4H2,(H,12,13). The summed E-state index contributed by atoms with van der Waals surface area (Å²) in [6, 6.07) is 4.48. The van der Waals surface area contributed by atoms with E-state index in [1.165, 1.54) is 6.07 Å². The second-order valence-electron chi connectivity index (χ2n) is 2.48. The molecule has 0 unspecified atom stereocenters. The minimum absolute atomic E-state index is 0.0688. The number of aromatic carboxylic acids is 1. The highest BCUT2D eigenvalue weighted by molar-refractivity contribution is 9.10. The molecular formula is C9H8BrFO3. The van der Waals surface area contributed by atoms with Gasteiger partial charge < -0.3 is 9.84 Å². The molecule has 3 nitrogen and oxygen atoms in total. The molecule has 0 heterocycles. The third kappa shape index (κ3) is 2.70. The summed E-state index contributed by atoms with van der Waals surface area (Å²) in [6.45, 7) is -0.667. The van der Waals surface area contributed by atoms with Crippen LogP contribution in [0.15, 0.2) is 22.7 Å². The first kappa shape index (κ1) is 11.0. The lowest BCUT2D eigenvalue weighted by atomic mass is 10.2. The van der Waals surface area contributed by atoms with Gasteiger partial charge >= 0.3 is 5.97 Å². The van der Waals surface area contributed by atoms with E-state index >= 15 is 0 Å². The van der Waals surface area contributed by atoms with Crippen LogP contribution in [-0.2, 0) is 0 Å². The molecule has 0 saturated heterocycles. The number of rotatable bonds is 4. The topological polar surface area (TPSA) is 46.5 Å². The SMILES string of the molecule is O=C(O)c1cc(OCCF)ccc1Br. The third-order valence-corrected chi connectivity index (χ3v) is 2.21. The van der Waals surface area contributed by atoms with Crippen molar-refractivity contribution in [3.8, 4) is 5.75 Å². The third-order valence-electron chi connectivity index (χ3n) is 1.51. The van der Waals surface area contributed by atoms with Crippen molar-refractivity contribution in [1.29, 1.82) is 0 Å². The van der Waals surface area contributed by atoms with Crippen molar-refractivity contribution in [2.45, 2.75) is 0 Å². The molecule has 0 aliphatic rings. The van der Waals surface area contributed by atoms with Crippen LogP contribution in [0.5, 0.6) is 5.75 Å². The highest BCUT2D eigenvalue weighted by Crippen LogP contribution is 2.22. The zero-order chi connectivity index (χ0) is 10.6. The van der Waals surface area contributed by atoms with Crippen LogP contribution in [0.4, 0.5) is 4.39 Å². The van der Waals surface area contributed by atoms with Gasteiger partial charge in [0.25, 0.3) is 0 Å². The Hall–Kier alpha value is -1.10. The van der Waals surface area contributed by atoms with Gasteiger partial charge in [-0.25, -0.2) is 9.18 Å². The van der Waals surface area contributed by atoms with Crippen molar-refractivity contribution < 1.29 is 19.0 Å². The van der Waals surface area contributed by atoms with Gasteiger partial charge in [0.05, 0.1) is 5.56 Å². The molecule has 0 spiro atoms. The molecule has 0 saturated carbocycles. The first-order chi connectivity index (χ1) is 6.65. The molecule has 0 bridgehead atoms. The van der Waals surface area contributed by atoms with E-state index in [0.29, 0.717) is 10.2 Å². The average Bonchev–Trinajstić information content (AvgIpc) is 2.16. The number of hydrogen-bond donors (Lipinski definition) is 1. The Labute approximate surface area is 88.6 Å². The van der Waals surface area contributed by atoms with E-state index in [9.17, 15) is 9.18 Å². The largest absolute Gasteiger partial charge is 0.491 e. The fraction of sp³-hybridized carbons (Fsp3) is 0.222. The lowest BCUT2D eigenvalue weighted by Gasteiger charge is -2.05. The number of ether oxygens (including phenoxy) is 1. The van der Waals surface area contributed by atoms with Gasteiger partial charge in [-0.2, -0.15) is 0 Å². The van der Waals surface area contributed by atoms with Crippen LogP contribution in [0, 0.1) is 0 Å². The van der Waals surface area contributed by atoms with Crippen molar-refractivity contribution in [3.05, 3.63) is 28.2 Å². The van der Waals surface area contributed by atoms with Crippen LogP contribution in [0.25, 0.3) is 0 Å². The van der Waals surface area contributed by atoms with Crippen molar-refractivity contribution in [2.75, 3.05) is 13.3 Å². The maximum absolute atomic E-state index is 11.8. The van der Waals surface area contributed by atoms with Crippen molar-refractivity contribution in [3.63, 3.8) is 0 Å². The molecule has 1 rings (SSSR count). The predicted molar refractivity (Wildman–Crippen MR) is 52.6 cm³/mol. The Balaban J connectivity index is 2.89. The molecule has 0 fully saturated rings. The number of benzene rings is 1. The summed E-state index contributed by atoms with van der Waals surface area (Å²) >= 11 is 3.09. The minimum atomic E-state index is -1.05. The summed E-state index contributed by atoms with van der Waals surface area (Å²) in [6.07, 6.45) is 0. The molecule has 0 aromatic heterocycles. The van der Waals surface area contributed by atoms with E-state index in [2.05, 4.69) is 15.9 Å². The maximum atomic E-state index is 11.8.